The van der Waals surface area contributed by atoms with E-state index in [-0.39, 0.29) is 24.5 Å². The Morgan fingerprint density at radius 1 is 1.14 bits per heavy atom. The van der Waals surface area contributed by atoms with Crippen LogP contribution in [0.15, 0.2) is 53.6 Å². The normalized spacial score (nSPS) is 11.5. The molecule has 28 heavy (non-hydrogen) atoms. The number of hydrazone groups is 1. The van der Waals surface area contributed by atoms with Gasteiger partial charge in [-0.2, -0.15) is 5.10 Å². The van der Waals surface area contributed by atoms with Gasteiger partial charge >= 0.3 is 0 Å². The van der Waals surface area contributed by atoms with Crippen LogP contribution in [0.4, 0.5) is 5.69 Å². The van der Waals surface area contributed by atoms with Crippen LogP contribution in [-0.4, -0.2) is 44.0 Å². The second kappa shape index (κ2) is 9.90. The number of aliphatic hydroxyl groups is 1. The number of ether oxygens (including phenoxy) is 1. The summed E-state index contributed by atoms with van der Waals surface area (Å²) in [6, 6.07) is 15.4. The predicted octanol–water partition coefficient (Wildman–Crippen LogP) is 2.94. The summed E-state index contributed by atoms with van der Waals surface area (Å²) in [6.07, 6.45) is 1.58. The van der Waals surface area contributed by atoms with Crippen LogP contribution in [0.2, 0.25) is 0 Å². The highest BCUT2D eigenvalue weighted by Gasteiger charge is 2.13. The molecule has 150 valence electrons. The number of benzene rings is 2. The molecule has 0 heterocycles. The molecule has 6 nitrogen and oxygen atoms in total. The summed E-state index contributed by atoms with van der Waals surface area (Å²) < 4.78 is 5.49. The number of likely N-dealkylation sites (N-methyl/N-ethyl adjacent to an activating group) is 1. The average molecular weight is 383 g/mol. The quantitative estimate of drug-likeness (QED) is 0.543. The molecule has 0 aromatic heterocycles. The maximum absolute atomic E-state index is 11.9. The van der Waals surface area contributed by atoms with Gasteiger partial charge in [0.05, 0.1) is 12.8 Å². The van der Waals surface area contributed by atoms with Gasteiger partial charge in [-0.25, -0.2) is 5.43 Å². The minimum atomic E-state index is -0.324. The van der Waals surface area contributed by atoms with E-state index in [9.17, 15) is 4.79 Å². The molecule has 0 spiro atoms. The van der Waals surface area contributed by atoms with E-state index in [0.29, 0.717) is 12.3 Å². The smallest absolute Gasteiger partial charge is 0.277 e. The Morgan fingerprint density at radius 3 is 2.36 bits per heavy atom. The Hall–Kier alpha value is -2.86. The van der Waals surface area contributed by atoms with Crippen LogP contribution < -0.4 is 15.1 Å². The van der Waals surface area contributed by atoms with Crippen LogP contribution in [0, 0.1) is 0 Å². The highest BCUT2D eigenvalue weighted by atomic mass is 16.5. The summed E-state index contributed by atoms with van der Waals surface area (Å²) in [5, 5.41) is 12.9. The summed E-state index contributed by atoms with van der Waals surface area (Å²) in [6.45, 7) is 7.02. The summed E-state index contributed by atoms with van der Waals surface area (Å²) in [5.41, 5.74) is 5.61. The van der Waals surface area contributed by atoms with Crippen LogP contribution in [-0.2, 0) is 10.2 Å². The number of amides is 1. The van der Waals surface area contributed by atoms with Crippen LogP contribution in [0.3, 0.4) is 0 Å². The molecule has 6 heteroatoms. The molecule has 0 atom stereocenters. The number of rotatable bonds is 8. The van der Waals surface area contributed by atoms with Crippen molar-refractivity contribution in [1.29, 1.82) is 0 Å². The topological polar surface area (TPSA) is 74.2 Å². The van der Waals surface area contributed by atoms with Crippen molar-refractivity contribution in [3.8, 4) is 5.75 Å². The number of hydrogen-bond acceptors (Lipinski definition) is 5. The number of carbonyl (C=O) groups is 1. The van der Waals surface area contributed by atoms with Crippen molar-refractivity contribution in [2.45, 2.75) is 26.2 Å². The molecule has 0 saturated carbocycles. The molecule has 0 unspecified atom stereocenters. The first-order valence-electron chi connectivity index (χ1n) is 9.27. The van der Waals surface area contributed by atoms with Crippen molar-refractivity contribution in [3.63, 3.8) is 0 Å². The highest BCUT2D eigenvalue weighted by Crippen LogP contribution is 2.24. The van der Waals surface area contributed by atoms with Crippen molar-refractivity contribution < 1.29 is 14.6 Å². The fourth-order valence-corrected chi connectivity index (χ4v) is 2.51. The van der Waals surface area contributed by atoms with E-state index in [1.807, 2.05) is 60.5 Å². The molecule has 0 radical (unpaired) electrons. The van der Waals surface area contributed by atoms with Gasteiger partial charge in [0.1, 0.15) is 5.75 Å². The van der Waals surface area contributed by atoms with Gasteiger partial charge in [0.2, 0.25) is 0 Å². The zero-order valence-corrected chi connectivity index (χ0v) is 17.0. The lowest BCUT2D eigenvalue weighted by Gasteiger charge is -2.19. The predicted molar refractivity (Wildman–Crippen MR) is 113 cm³/mol. The van der Waals surface area contributed by atoms with E-state index in [2.05, 4.69) is 31.3 Å². The third-order valence-corrected chi connectivity index (χ3v) is 4.26. The Bertz CT molecular complexity index is 778. The lowest BCUT2D eigenvalue weighted by atomic mass is 9.87. The molecule has 0 aliphatic carbocycles. The van der Waals surface area contributed by atoms with Gasteiger partial charge in [0.25, 0.3) is 5.91 Å². The van der Waals surface area contributed by atoms with E-state index in [1.165, 1.54) is 5.56 Å². The van der Waals surface area contributed by atoms with Crippen molar-refractivity contribution in [3.05, 3.63) is 59.7 Å². The van der Waals surface area contributed by atoms with Gasteiger partial charge in [0, 0.05) is 19.3 Å². The molecule has 2 rings (SSSR count). The van der Waals surface area contributed by atoms with Gasteiger partial charge in [-0.3, -0.25) is 4.79 Å². The third-order valence-electron chi connectivity index (χ3n) is 4.26. The first kappa shape index (κ1) is 21.4. The molecule has 0 fully saturated rings. The standard InChI is InChI=1S/C22H29N3O3/c1-22(2,3)18-7-11-20(12-8-18)28-16-21(27)24-23-15-17-5-9-19(10-6-17)25(4)13-14-26/h5-12,15,26H,13-14,16H2,1-4H3,(H,24,27)/b23-15-. The van der Waals surface area contributed by atoms with Crippen LogP contribution in [0.1, 0.15) is 31.9 Å². The van der Waals surface area contributed by atoms with Gasteiger partial charge in [0.15, 0.2) is 6.61 Å². The van der Waals surface area contributed by atoms with E-state index in [0.717, 1.165) is 11.3 Å². The van der Waals surface area contributed by atoms with Crippen LogP contribution in [0.25, 0.3) is 0 Å². The largest absolute Gasteiger partial charge is 0.484 e. The summed E-state index contributed by atoms with van der Waals surface area (Å²) >= 11 is 0. The lowest BCUT2D eigenvalue weighted by Crippen LogP contribution is -2.24. The second-order valence-electron chi connectivity index (χ2n) is 7.59. The summed E-state index contributed by atoms with van der Waals surface area (Å²) in [5.74, 6) is 0.324. The number of aliphatic hydroxyl groups excluding tert-OH is 1. The molecule has 2 aromatic rings. The zero-order valence-electron chi connectivity index (χ0n) is 17.0. The van der Waals surface area contributed by atoms with Crippen molar-refractivity contribution >= 4 is 17.8 Å². The Balaban J connectivity index is 1.79. The van der Waals surface area contributed by atoms with E-state index < -0.39 is 0 Å². The molecule has 0 aliphatic heterocycles. The van der Waals surface area contributed by atoms with Gasteiger partial charge in [-0.05, 0) is 40.8 Å². The molecule has 2 N–H and O–H groups in total. The Labute approximate surface area is 166 Å². The maximum Gasteiger partial charge on any atom is 0.277 e. The number of carbonyl (C=O) groups excluding carboxylic acids is 1. The molecule has 0 saturated heterocycles. The minimum absolute atomic E-state index is 0.0804. The van der Waals surface area contributed by atoms with Crippen molar-refractivity contribution in [2.75, 3.05) is 31.7 Å². The average Bonchev–Trinajstić information content (AvgIpc) is 2.67. The molecule has 0 aliphatic rings. The van der Waals surface area contributed by atoms with Gasteiger partial charge in [-0.15, -0.1) is 0 Å². The fourth-order valence-electron chi connectivity index (χ4n) is 2.51. The second-order valence-corrected chi connectivity index (χ2v) is 7.59. The summed E-state index contributed by atoms with van der Waals surface area (Å²) in [4.78, 5) is 13.8. The van der Waals surface area contributed by atoms with E-state index in [4.69, 9.17) is 9.84 Å². The Kier molecular flexibility index (Phi) is 7.58. The number of hydrogen-bond donors (Lipinski definition) is 2. The number of anilines is 1. The molecular formula is C22H29N3O3. The van der Waals surface area contributed by atoms with Crippen LogP contribution in [0.5, 0.6) is 5.75 Å². The fraction of sp³-hybridized carbons (Fsp3) is 0.364. The highest BCUT2D eigenvalue weighted by molar-refractivity contribution is 5.83. The lowest BCUT2D eigenvalue weighted by molar-refractivity contribution is -0.123. The maximum atomic E-state index is 11.9. The minimum Gasteiger partial charge on any atom is -0.484 e. The van der Waals surface area contributed by atoms with E-state index >= 15 is 0 Å². The third kappa shape index (κ3) is 6.70. The first-order valence-corrected chi connectivity index (χ1v) is 9.27. The number of nitrogens with zero attached hydrogens (tertiary/aromatic N) is 2. The zero-order chi connectivity index (χ0) is 20.6. The molecular weight excluding hydrogens is 354 g/mol. The van der Waals surface area contributed by atoms with E-state index in [1.54, 1.807) is 6.21 Å². The molecule has 0 bridgehead atoms. The van der Waals surface area contributed by atoms with Gasteiger partial charge in [-0.1, -0.05) is 45.0 Å². The monoisotopic (exact) mass is 383 g/mol. The molecule has 2 aromatic carbocycles. The SMILES string of the molecule is CN(CCO)c1ccc(/C=N\NC(=O)COc2ccc(C(C)(C)C)cc2)cc1. The first-order chi connectivity index (χ1) is 13.3. The van der Waals surface area contributed by atoms with Crippen molar-refractivity contribution in [1.82, 2.24) is 5.43 Å². The molecule has 1 amide bonds. The number of nitrogens with one attached hydrogen (secondary N) is 1. The summed E-state index contributed by atoms with van der Waals surface area (Å²) in [7, 11) is 1.91. The Morgan fingerprint density at radius 2 is 1.79 bits per heavy atom. The van der Waals surface area contributed by atoms with Gasteiger partial charge < -0.3 is 14.7 Å². The van der Waals surface area contributed by atoms with Crippen molar-refractivity contribution in [2.24, 2.45) is 5.10 Å². The van der Waals surface area contributed by atoms with Crippen LogP contribution >= 0.6 is 0 Å².